The lowest BCUT2D eigenvalue weighted by atomic mass is 10.1. The van der Waals surface area contributed by atoms with E-state index in [1.165, 1.54) is 5.56 Å². The van der Waals surface area contributed by atoms with Crippen LogP contribution in [0.25, 0.3) is 6.08 Å². The Morgan fingerprint density at radius 2 is 1.78 bits per heavy atom. The molecule has 2 rings (SSSR count). The number of hydrogen-bond donors (Lipinski definition) is 1. The van der Waals surface area contributed by atoms with E-state index in [0.717, 1.165) is 12.1 Å². The summed E-state index contributed by atoms with van der Waals surface area (Å²) >= 11 is 0. The van der Waals surface area contributed by atoms with Crippen molar-refractivity contribution in [3.63, 3.8) is 0 Å². The van der Waals surface area contributed by atoms with E-state index in [9.17, 15) is 4.79 Å². The van der Waals surface area contributed by atoms with Crippen LogP contribution in [0, 0.1) is 0 Å². The highest BCUT2D eigenvalue weighted by atomic mass is 16.1. The van der Waals surface area contributed by atoms with Gasteiger partial charge in [-0.05, 0) is 5.56 Å². The van der Waals surface area contributed by atoms with Gasteiger partial charge in [-0.2, -0.15) is 0 Å². The molecule has 3 nitrogen and oxygen atoms in total. The Bertz CT molecular complexity index is 556. The van der Waals surface area contributed by atoms with E-state index in [-0.39, 0.29) is 0 Å². The minimum atomic E-state index is -0.405. The highest BCUT2D eigenvalue weighted by Crippen LogP contribution is 2.05. The number of carbonyl (C=O) groups is 1. The first-order valence-electron chi connectivity index (χ1n) is 5.69. The third-order valence-electron chi connectivity index (χ3n) is 2.76. The maximum absolute atomic E-state index is 10.9. The van der Waals surface area contributed by atoms with Crippen LogP contribution in [0.5, 0.6) is 0 Å². The predicted molar refractivity (Wildman–Crippen MR) is 70.8 cm³/mol. The third-order valence-corrected chi connectivity index (χ3v) is 2.76. The first-order chi connectivity index (χ1) is 8.69. The molecule has 2 aromatic rings. The number of carbonyl (C=O) groups excluding carboxylic acids is 1. The van der Waals surface area contributed by atoms with Gasteiger partial charge in [0.25, 0.3) is 0 Å². The third kappa shape index (κ3) is 2.83. The summed E-state index contributed by atoms with van der Waals surface area (Å²) in [6, 6.07) is 11.6. The second kappa shape index (κ2) is 5.27. The molecule has 3 heteroatoms. The number of nitrogens with two attached hydrogens (primary N) is 1. The Hall–Kier alpha value is -2.42. The zero-order valence-electron chi connectivity index (χ0n) is 10.0. The molecule has 18 heavy (non-hydrogen) atoms. The van der Waals surface area contributed by atoms with E-state index >= 15 is 0 Å². The molecule has 1 amide bonds. The number of hydrogen-bond acceptors (Lipinski definition) is 1. The van der Waals surface area contributed by atoms with Gasteiger partial charge in [-0.3, -0.25) is 4.79 Å². The van der Waals surface area contributed by atoms with Crippen molar-refractivity contribution >= 4 is 12.0 Å². The molecule has 0 atom stereocenters. The lowest BCUT2D eigenvalue weighted by Gasteiger charge is -1.99. The largest absolute Gasteiger partial charge is 0.366 e. The fraction of sp³-hybridized carbons (Fsp3) is 0.0667. The molecule has 0 aliphatic rings. The maximum atomic E-state index is 10.9. The maximum Gasteiger partial charge on any atom is 0.249 e. The molecule has 0 saturated carbocycles. The van der Waals surface area contributed by atoms with E-state index in [0.29, 0.717) is 5.56 Å². The number of nitrogens with zero attached hydrogens (tertiary/aromatic N) is 1. The molecular weight excluding hydrogens is 224 g/mol. The minimum Gasteiger partial charge on any atom is -0.366 e. The lowest BCUT2D eigenvalue weighted by molar-refractivity contribution is -0.688. The van der Waals surface area contributed by atoms with Gasteiger partial charge in [-0.25, -0.2) is 4.57 Å². The average Bonchev–Trinajstić information content (AvgIpc) is 2.40. The van der Waals surface area contributed by atoms with Crippen LogP contribution >= 0.6 is 0 Å². The van der Waals surface area contributed by atoms with Crippen molar-refractivity contribution < 1.29 is 9.36 Å². The second-order valence-corrected chi connectivity index (χ2v) is 4.07. The van der Waals surface area contributed by atoms with Crippen LogP contribution in [0.15, 0.2) is 55.4 Å². The molecular formula is C15H15N2O+. The number of amides is 1. The summed E-state index contributed by atoms with van der Waals surface area (Å²) in [5.74, 6) is -0.405. The zero-order valence-corrected chi connectivity index (χ0v) is 10.0. The smallest absolute Gasteiger partial charge is 0.249 e. The van der Waals surface area contributed by atoms with Gasteiger partial charge in [0.15, 0.2) is 18.9 Å². The molecule has 0 radical (unpaired) electrons. The first-order valence-corrected chi connectivity index (χ1v) is 5.69. The van der Waals surface area contributed by atoms with Gasteiger partial charge in [-0.1, -0.05) is 36.9 Å². The van der Waals surface area contributed by atoms with Crippen LogP contribution in [-0.4, -0.2) is 5.91 Å². The van der Waals surface area contributed by atoms with Crippen molar-refractivity contribution in [3.05, 3.63) is 72.1 Å². The Labute approximate surface area is 106 Å². The fourth-order valence-corrected chi connectivity index (χ4v) is 1.70. The van der Waals surface area contributed by atoms with Gasteiger partial charge in [0, 0.05) is 17.7 Å². The van der Waals surface area contributed by atoms with Gasteiger partial charge in [0.2, 0.25) is 5.91 Å². The van der Waals surface area contributed by atoms with E-state index in [2.05, 4.69) is 18.7 Å². The van der Waals surface area contributed by atoms with Crippen LogP contribution in [0.4, 0.5) is 0 Å². The summed E-state index contributed by atoms with van der Waals surface area (Å²) in [6.07, 6.45) is 5.52. The number of rotatable bonds is 4. The van der Waals surface area contributed by atoms with Gasteiger partial charge in [0.05, 0.1) is 5.56 Å². The van der Waals surface area contributed by atoms with Gasteiger partial charge in [0.1, 0.15) is 0 Å². The van der Waals surface area contributed by atoms with Crippen LogP contribution < -0.4 is 10.3 Å². The molecule has 0 fully saturated rings. The topological polar surface area (TPSA) is 47.0 Å². The number of pyridine rings is 1. The minimum absolute atomic E-state index is 0.405. The summed E-state index contributed by atoms with van der Waals surface area (Å²) < 4.78 is 2.00. The van der Waals surface area contributed by atoms with Gasteiger partial charge in [-0.15, -0.1) is 0 Å². The summed E-state index contributed by atoms with van der Waals surface area (Å²) in [5, 5.41) is 0. The molecule has 2 N–H and O–H groups in total. The highest BCUT2D eigenvalue weighted by molar-refractivity contribution is 5.92. The van der Waals surface area contributed by atoms with Crippen molar-refractivity contribution in [2.45, 2.75) is 6.54 Å². The zero-order chi connectivity index (χ0) is 13.0. The van der Waals surface area contributed by atoms with Crippen LogP contribution in [-0.2, 0) is 6.54 Å². The molecule has 1 aromatic heterocycles. The summed E-state index contributed by atoms with van der Waals surface area (Å²) in [5.41, 5.74) is 8.01. The van der Waals surface area contributed by atoms with Crippen molar-refractivity contribution in [2.75, 3.05) is 0 Å². The van der Waals surface area contributed by atoms with E-state index in [1.54, 1.807) is 12.1 Å². The standard InChI is InChI=1S/C15H14N2O/c1-2-12-3-5-13(6-4-12)11-17-9-7-14(8-10-17)15(16)18/h2-10H,1,11H2,(H-,16,18)/p+1. The monoisotopic (exact) mass is 239 g/mol. The van der Waals surface area contributed by atoms with Crippen molar-refractivity contribution in [1.82, 2.24) is 0 Å². The molecule has 0 bridgehead atoms. The van der Waals surface area contributed by atoms with Crippen LogP contribution in [0.2, 0.25) is 0 Å². The SMILES string of the molecule is C=Cc1ccc(C[n+]2ccc(C(N)=O)cc2)cc1. The molecule has 0 aliphatic heterocycles. The fourth-order valence-electron chi connectivity index (χ4n) is 1.70. The molecule has 0 unspecified atom stereocenters. The van der Waals surface area contributed by atoms with Crippen molar-refractivity contribution in [1.29, 1.82) is 0 Å². The Balaban J connectivity index is 2.12. The van der Waals surface area contributed by atoms with Crippen LogP contribution in [0.1, 0.15) is 21.5 Å². The van der Waals surface area contributed by atoms with Gasteiger partial charge >= 0.3 is 0 Å². The predicted octanol–water partition coefficient (Wildman–Crippen LogP) is 1.76. The molecule has 1 heterocycles. The Kier molecular flexibility index (Phi) is 3.53. The van der Waals surface area contributed by atoms with E-state index < -0.39 is 5.91 Å². The summed E-state index contributed by atoms with van der Waals surface area (Å²) in [4.78, 5) is 10.9. The molecule has 0 spiro atoms. The van der Waals surface area contributed by atoms with Crippen molar-refractivity contribution in [2.24, 2.45) is 5.73 Å². The molecule has 0 aliphatic carbocycles. The number of benzene rings is 1. The molecule has 1 aromatic carbocycles. The molecule has 0 saturated heterocycles. The number of aromatic nitrogens is 1. The second-order valence-electron chi connectivity index (χ2n) is 4.07. The Morgan fingerprint density at radius 1 is 1.17 bits per heavy atom. The first kappa shape index (κ1) is 12.0. The van der Waals surface area contributed by atoms with E-state index in [1.807, 2.05) is 35.2 Å². The summed E-state index contributed by atoms with van der Waals surface area (Å²) in [7, 11) is 0. The normalized spacial score (nSPS) is 10.0. The van der Waals surface area contributed by atoms with E-state index in [4.69, 9.17) is 5.73 Å². The van der Waals surface area contributed by atoms with Crippen molar-refractivity contribution in [3.8, 4) is 0 Å². The average molecular weight is 239 g/mol. The van der Waals surface area contributed by atoms with Crippen LogP contribution in [0.3, 0.4) is 0 Å². The van der Waals surface area contributed by atoms with Gasteiger partial charge < -0.3 is 5.73 Å². The summed E-state index contributed by atoms with van der Waals surface area (Å²) in [6.45, 7) is 4.48. The molecule has 90 valence electrons. The number of primary amides is 1. The highest BCUT2D eigenvalue weighted by Gasteiger charge is 2.05. The Morgan fingerprint density at radius 3 is 2.28 bits per heavy atom. The quantitative estimate of drug-likeness (QED) is 0.812. The lowest BCUT2D eigenvalue weighted by Crippen LogP contribution is -2.33.